The number of ether oxygens (including phenoxy) is 1. The molecule has 1 saturated heterocycles. The Bertz CT molecular complexity index is 927. The summed E-state index contributed by atoms with van der Waals surface area (Å²) in [6, 6.07) is 15.3. The summed E-state index contributed by atoms with van der Waals surface area (Å²) >= 11 is 0. The second-order valence-electron chi connectivity index (χ2n) is 7.21. The van der Waals surface area contributed by atoms with E-state index < -0.39 is 6.10 Å². The minimum atomic E-state index is -1.17. The number of fused-ring (bicyclic) bond motifs is 1. The standard InChI is InChI=1S/C22H24N2O4/c1-15-6-2-4-8-19(15)27-14-18(25)22(26)24-12-10-16(11-13-24)21-23-17-7-3-5-9-20(17)28-21/h2-9,16,18,25H,10-14H2,1H3. The number of amides is 1. The second kappa shape index (κ2) is 8.02. The zero-order valence-electron chi connectivity index (χ0n) is 15.9. The summed E-state index contributed by atoms with van der Waals surface area (Å²) in [5.74, 6) is 1.32. The summed E-state index contributed by atoms with van der Waals surface area (Å²) in [4.78, 5) is 18.8. The van der Waals surface area contributed by atoms with Gasteiger partial charge in [-0.2, -0.15) is 0 Å². The van der Waals surface area contributed by atoms with Gasteiger partial charge in [0, 0.05) is 19.0 Å². The fourth-order valence-corrected chi connectivity index (χ4v) is 3.58. The van der Waals surface area contributed by atoms with Gasteiger partial charge in [0.05, 0.1) is 0 Å². The maximum atomic E-state index is 12.5. The van der Waals surface area contributed by atoms with Crippen molar-refractivity contribution in [3.8, 4) is 5.75 Å². The summed E-state index contributed by atoms with van der Waals surface area (Å²) in [6.45, 7) is 3.03. The van der Waals surface area contributed by atoms with Gasteiger partial charge in [-0.3, -0.25) is 4.79 Å². The molecule has 2 aromatic carbocycles. The number of aryl methyl sites for hydroxylation is 1. The monoisotopic (exact) mass is 380 g/mol. The van der Waals surface area contributed by atoms with Crippen LogP contribution < -0.4 is 4.74 Å². The molecular formula is C22H24N2O4. The quantitative estimate of drug-likeness (QED) is 0.735. The highest BCUT2D eigenvalue weighted by Gasteiger charge is 2.30. The van der Waals surface area contributed by atoms with Crippen molar-refractivity contribution in [1.82, 2.24) is 9.88 Å². The molecule has 1 aromatic heterocycles. The average Bonchev–Trinajstić information content (AvgIpc) is 3.17. The van der Waals surface area contributed by atoms with Gasteiger partial charge in [-0.25, -0.2) is 4.98 Å². The molecule has 0 bridgehead atoms. The Hall–Kier alpha value is -2.86. The van der Waals surface area contributed by atoms with Crippen molar-refractivity contribution < 1.29 is 19.1 Å². The molecule has 28 heavy (non-hydrogen) atoms. The summed E-state index contributed by atoms with van der Waals surface area (Å²) in [5, 5.41) is 10.3. The van der Waals surface area contributed by atoms with Crippen LogP contribution in [0.15, 0.2) is 52.9 Å². The van der Waals surface area contributed by atoms with Crippen LogP contribution in [-0.4, -0.2) is 46.7 Å². The molecule has 6 nitrogen and oxygen atoms in total. The molecule has 1 fully saturated rings. The smallest absolute Gasteiger partial charge is 0.254 e. The molecule has 3 aromatic rings. The number of oxazole rings is 1. The highest BCUT2D eigenvalue weighted by molar-refractivity contribution is 5.81. The number of para-hydroxylation sites is 3. The first-order valence-electron chi connectivity index (χ1n) is 9.62. The molecule has 4 rings (SSSR count). The van der Waals surface area contributed by atoms with Crippen molar-refractivity contribution in [2.75, 3.05) is 19.7 Å². The van der Waals surface area contributed by atoms with Crippen LogP contribution in [-0.2, 0) is 4.79 Å². The molecule has 2 heterocycles. The van der Waals surface area contributed by atoms with Crippen LogP contribution in [0, 0.1) is 6.92 Å². The Morgan fingerprint density at radius 2 is 1.93 bits per heavy atom. The Labute approximate surface area is 163 Å². The molecule has 1 N–H and O–H groups in total. The number of carbonyl (C=O) groups is 1. The highest BCUT2D eigenvalue weighted by atomic mass is 16.5. The maximum Gasteiger partial charge on any atom is 0.254 e. The number of aliphatic hydroxyl groups excluding tert-OH is 1. The van der Waals surface area contributed by atoms with Crippen molar-refractivity contribution >= 4 is 17.0 Å². The minimum Gasteiger partial charge on any atom is -0.490 e. The Kier molecular flexibility index (Phi) is 5.30. The topological polar surface area (TPSA) is 75.8 Å². The van der Waals surface area contributed by atoms with Crippen LogP contribution in [0.1, 0.15) is 30.2 Å². The van der Waals surface area contributed by atoms with Crippen molar-refractivity contribution in [1.29, 1.82) is 0 Å². The molecule has 0 aliphatic carbocycles. The number of piperidine rings is 1. The Morgan fingerprint density at radius 3 is 2.68 bits per heavy atom. The molecule has 0 saturated carbocycles. The molecule has 1 unspecified atom stereocenters. The van der Waals surface area contributed by atoms with E-state index in [-0.39, 0.29) is 18.4 Å². The number of nitrogens with zero attached hydrogens (tertiary/aromatic N) is 2. The van der Waals surface area contributed by atoms with Crippen LogP contribution in [0.5, 0.6) is 5.75 Å². The lowest BCUT2D eigenvalue weighted by Gasteiger charge is -2.32. The summed E-state index contributed by atoms with van der Waals surface area (Å²) in [5.41, 5.74) is 2.63. The highest BCUT2D eigenvalue weighted by Crippen LogP contribution is 2.30. The largest absolute Gasteiger partial charge is 0.490 e. The van der Waals surface area contributed by atoms with E-state index in [2.05, 4.69) is 4.98 Å². The first-order chi connectivity index (χ1) is 13.6. The average molecular weight is 380 g/mol. The zero-order chi connectivity index (χ0) is 19.5. The van der Waals surface area contributed by atoms with E-state index in [1.807, 2.05) is 55.5 Å². The van der Waals surface area contributed by atoms with E-state index in [9.17, 15) is 9.90 Å². The lowest BCUT2D eigenvalue weighted by molar-refractivity contribution is -0.142. The number of aliphatic hydroxyl groups is 1. The van der Waals surface area contributed by atoms with Gasteiger partial charge in [0.2, 0.25) is 0 Å². The summed E-state index contributed by atoms with van der Waals surface area (Å²) < 4.78 is 11.5. The first kappa shape index (κ1) is 18.5. The van der Waals surface area contributed by atoms with Crippen LogP contribution in [0.4, 0.5) is 0 Å². The van der Waals surface area contributed by atoms with Crippen molar-refractivity contribution in [2.45, 2.75) is 31.8 Å². The van der Waals surface area contributed by atoms with Gasteiger partial charge < -0.3 is 19.2 Å². The third-order valence-corrected chi connectivity index (χ3v) is 5.24. The second-order valence-corrected chi connectivity index (χ2v) is 7.21. The Balaban J connectivity index is 1.31. The summed E-state index contributed by atoms with van der Waals surface area (Å²) in [7, 11) is 0. The molecule has 146 valence electrons. The third-order valence-electron chi connectivity index (χ3n) is 5.24. The number of aromatic nitrogens is 1. The first-order valence-corrected chi connectivity index (χ1v) is 9.62. The predicted octanol–water partition coefficient (Wildman–Crippen LogP) is 3.28. The van der Waals surface area contributed by atoms with E-state index in [1.165, 1.54) is 0 Å². The van der Waals surface area contributed by atoms with Crippen molar-refractivity contribution in [2.24, 2.45) is 0 Å². The SMILES string of the molecule is Cc1ccccc1OCC(O)C(=O)N1CCC(c2nc3ccccc3o2)CC1. The zero-order valence-corrected chi connectivity index (χ0v) is 15.9. The number of hydrogen-bond donors (Lipinski definition) is 1. The molecule has 6 heteroatoms. The van der Waals surface area contributed by atoms with Crippen LogP contribution >= 0.6 is 0 Å². The van der Waals surface area contributed by atoms with Gasteiger partial charge in [0.15, 0.2) is 17.6 Å². The van der Waals surface area contributed by atoms with Gasteiger partial charge in [-0.05, 0) is 43.5 Å². The van der Waals surface area contributed by atoms with Crippen molar-refractivity contribution in [3.05, 3.63) is 60.0 Å². The molecule has 1 aliphatic heterocycles. The summed E-state index contributed by atoms with van der Waals surface area (Å²) in [6.07, 6.45) is 0.369. The maximum absolute atomic E-state index is 12.5. The van der Waals surface area contributed by atoms with Gasteiger partial charge in [0.1, 0.15) is 17.9 Å². The number of rotatable bonds is 5. The fraction of sp³-hybridized carbons (Fsp3) is 0.364. The predicted molar refractivity (Wildman–Crippen MR) is 105 cm³/mol. The molecule has 1 atom stereocenters. The van der Waals surface area contributed by atoms with Crippen LogP contribution in [0.3, 0.4) is 0 Å². The van der Waals surface area contributed by atoms with Gasteiger partial charge in [-0.15, -0.1) is 0 Å². The fourth-order valence-electron chi connectivity index (χ4n) is 3.58. The number of hydrogen-bond acceptors (Lipinski definition) is 5. The Morgan fingerprint density at radius 1 is 1.21 bits per heavy atom. The van der Waals surface area contributed by atoms with Crippen LogP contribution in [0.2, 0.25) is 0 Å². The van der Waals surface area contributed by atoms with E-state index in [1.54, 1.807) is 4.90 Å². The normalized spacial score (nSPS) is 16.3. The molecule has 1 amide bonds. The van der Waals surface area contributed by atoms with E-state index in [0.29, 0.717) is 18.8 Å². The third kappa shape index (κ3) is 3.87. The van der Waals surface area contributed by atoms with Gasteiger partial charge >= 0.3 is 0 Å². The molecule has 1 aliphatic rings. The lowest BCUT2D eigenvalue weighted by Crippen LogP contribution is -2.45. The molecule has 0 radical (unpaired) electrons. The van der Waals surface area contributed by atoms with E-state index in [4.69, 9.17) is 9.15 Å². The van der Waals surface area contributed by atoms with E-state index >= 15 is 0 Å². The van der Waals surface area contributed by atoms with Crippen LogP contribution in [0.25, 0.3) is 11.1 Å². The number of benzene rings is 2. The molecular weight excluding hydrogens is 356 g/mol. The number of likely N-dealkylation sites (tertiary alicyclic amines) is 1. The lowest BCUT2D eigenvalue weighted by atomic mass is 9.96. The van der Waals surface area contributed by atoms with Crippen molar-refractivity contribution in [3.63, 3.8) is 0 Å². The van der Waals surface area contributed by atoms with E-state index in [0.717, 1.165) is 35.4 Å². The minimum absolute atomic E-state index is 0.0469. The van der Waals surface area contributed by atoms with Gasteiger partial charge in [0.25, 0.3) is 5.91 Å². The molecule has 0 spiro atoms. The number of carbonyl (C=O) groups excluding carboxylic acids is 1. The van der Waals surface area contributed by atoms with Gasteiger partial charge in [-0.1, -0.05) is 30.3 Å².